The third kappa shape index (κ3) is 3.53. The van der Waals surface area contributed by atoms with Crippen LogP contribution in [-0.2, 0) is 23.5 Å². The maximum Gasteiger partial charge on any atom is 0.427 e. The van der Waals surface area contributed by atoms with E-state index in [-0.39, 0.29) is 27.0 Å². The van der Waals surface area contributed by atoms with Gasteiger partial charge in [0, 0.05) is 24.7 Å². The molecule has 0 aliphatic carbocycles. The van der Waals surface area contributed by atoms with Crippen LogP contribution < -0.4 is 0 Å². The summed E-state index contributed by atoms with van der Waals surface area (Å²) >= 11 is -1.37. The van der Waals surface area contributed by atoms with Gasteiger partial charge in [0.1, 0.15) is 22.0 Å². The lowest BCUT2D eigenvalue weighted by molar-refractivity contribution is -0.138. The Balaban J connectivity index is 2.10. The van der Waals surface area contributed by atoms with Gasteiger partial charge in [-0.05, 0) is 18.1 Å². The van der Waals surface area contributed by atoms with Gasteiger partial charge in [-0.15, -0.1) is 0 Å². The molecule has 26 heavy (non-hydrogen) atoms. The van der Waals surface area contributed by atoms with Crippen molar-refractivity contribution < 1.29 is 30.9 Å². The number of fused-ring (bicyclic) bond motifs is 1. The Morgan fingerprint density at radius 2 is 1.85 bits per heavy atom. The van der Waals surface area contributed by atoms with E-state index in [9.17, 15) is 30.9 Å². The van der Waals surface area contributed by atoms with E-state index in [4.69, 9.17) is 0 Å². The van der Waals surface area contributed by atoms with Crippen LogP contribution >= 0.6 is 11.3 Å². The minimum atomic E-state index is -4.66. The van der Waals surface area contributed by atoms with Crippen LogP contribution in [0.25, 0.3) is 16.3 Å². The molecule has 0 fully saturated rings. The quantitative estimate of drug-likeness (QED) is 0.465. The number of rotatable bonds is 3. The van der Waals surface area contributed by atoms with E-state index in [1.165, 1.54) is 13.1 Å². The standard InChI is InChI=1S/C14H9F6N3OS2/c1-2-26(24)9-3-7(13(15,16)17)4-21-11(9)8-5-23-6-10(14(18,19)20)25-12(23)22-8/h3-6H,2H2,1H3. The molecular weight excluding hydrogens is 404 g/mol. The van der Waals surface area contributed by atoms with E-state index in [1.807, 2.05) is 0 Å². The number of thiazole rings is 1. The summed E-state index contributed by atoms with van der Waals surface area (Å²) in [5, 5.41) is 0. The summed E-state index contributed by atoms with van der Waals surface area (Å²) in [5.74, 6) is 0.0520. The molecule has 0 spiro atoms. The van der Waals surface area contributed by atoms with Crippen molar-refractivity contribution in [1.82, 2.24) is 14.4 Å². The average molecular weight is 413 g/mol. The molecule has 0 radical (unpaired) electrons. The van der Waals surface area contributed by atoms with Gasteiger partial charge in [0.2, 0.25) is 0 Å². The van der Waals surface area contributed by atoms with Gasteiger partial charge >= 0.3 is 12.4 Å². The van der Waals surface area contributed by atoms with Crippen molar-refractivity contribution in [2.75, 3.05) is 5.75 Å². The number of alkyl halides is 6. The first-order chi connectivity index (χ1) is 12.0. The highest BCUT2D eigenvalue weighted by Crippen LogP contribution is 2.37. The fourth-order valence-electron chi connectivity index (χ4n) is 2.16. The third-order valence-corrected chi connectivity index (χ3v) is 5.73. The van der Waals surface area contributed by atoms with Crippen LogP contribution in [0, 0.1) is 0 Å². The van der Waals surface area contributed by atoms with Crippen molar-refractivity contribution in [3.05, 3.63) is 35.1 Å². The molecule has 0 aliphatic heterocycles. The second kappa shape index (κ2) is 6.43. The lowest BCUT2D eigenvalue weighted by Gasteiger charge is -2.13. The third-order valence-electron chi connectivity index (χ3n) is 3.37. The van der Waals surface area contributed by atoms with Crippen LogP contribution in [0.2, 0.25) is 0 Å². The zero-order chi connectivity index (χ0) is 19.3. The van der Waals surface area contributed by atoms with Crippen LogP contribution in [0.15, 0.2) is 29.6 Å². The molecule has 4 nitrogen and oxygen atoms in total. The minimum absolute atomic E-state index is 0.00209. The molecule has 12 heteroatoms. The molecule has 0 saturated heterocycles. The maximum absolute atomic E-state index is 12.9. The number of nitrogens with zero attached hydrogens (tertiary/aromatic N) is 3. The summed E-state index contributed by atoms with van der Waals surface area (Å²) in [6, 6.07) is 0.733. The molecule has 3 aromatic heterocycles. The summed E-state index contributed by atoms with van der Waals surface area (Å²) in [7, 11) is 0. The summed E-state index contributed by atoms with van der Waals surface area (Å²) in [4.78, 5) is 6.70. The van der Waals surface area contributed by atoms with Crippen LogP contribution in [0.4, 0.5) is 26.3 Å². The van der Waals surface area contributed by atoms with E-state index < -0.39 is 34.0 Å². The van der Waals surface area contributed by atoms with Crippen molar-refractivity contribution in [2.24, 2.45) is 0 Å². The molecule has 3 aromatic rings. The number of imidazole rings is 1. The van der Waals surface area contributed by atoms with E-state index in [0.717, 1.165) is 16.7 Å². The van der Waals surface area contributed by atoms with Crippen molar-refractivity contribution in [3.8, 4) is 11.4 Å². The highest BCUT2D eigenvalue weighted by Gasteiger charge is 2.35. The lowest BCUT2D eigenvalue weighted by Crippen LogP contribution is -2.12. The van der Waals surface area contributed by atoms with Crippen molar-refractivity contribution in [2.45, 2.75) is 24.2 Å². The topological polar surface area (TPSA) is 53.2 Å². The maximum atomic E-state index is 12.9. The molecule has 140 valence electrons. The molecule has 1 unspecified atom stereocenters. The molecule has 3 heterocycles. The fourth-order valence-corrected chi connectivity index (χ4v) is 3.94. The minimum Gasteiger partial charge on any atom is -0.611 e. The first kappa shape index (κ1) is 19.0. The summed E-state index contributed by atoms with van der Waals surface area (Å²) in [6.45, 7) is 1.53. The molecule has 1 atom stereocenters. The van der Waals surface area contributed by atoms with Gasteiger partial charge in [0.15, 0.2) is 9.86 Å². The number of hydrogen-bond donors (Lipinski definition) is 0. The van der Waals surface area contributed by atoms with Crippen LogP contribution in [-0.4, -0.2) is 24.7 Å². The molecule has 3 rings (SSSR count). The van der Waals surface area contributed by atoms with Crippen LogP contribution in [0.3, 0.4) is 0 Å². The number of pyridine rings is 1. The van der Waals surface area contributed by atoms with Gasteiger partial charge in [-0.3, -0.25) is 4.40 Å². The molecule has 0 bridgehead atoms. The average Bonchev–Trinajstić information content (AvgIpc) is 3.11. The predicted octanol–water partition coefficient (Wildman–Crippen LogP) is 4.62. The van der Waals surface area contributed by atoms with Gasteiger partial charge in [0.25, 0.3) is 0 Å². The van der Waals surface area contributed by atoms with Gasteiger partial charge in [-0.25, -0.2) is 9.97 Å². The number of aromatic nitrogens is 3. The summed E-state index contributed by atoms with van der Waals surface area (Å²) in [6.07, 6.45) is -6.55. The van der Waals surface area contributed by atoms with Gasteiger partial charge in [-0.1, -0.05) is 11.3 Å². The Morgan fingerprint density at radius 3 is 2.38 bits per heavy atom. The molecule has 0 aromatic carbocycles. The predicted molar refractivity (Wildman–Crippen MR) is 83.3 cm³/mol. The fraction of sp³-hybridized carbons (Fsp3) is 0.286. The van der Waals surface area contributed by atoms with E-state index >= 15 is 0 Å². The second-order valence-electron chi connectivity index (χ2n) is 5.11. The Bertz CT molecular complexity index is 915. The second-order valence-corrected chi connectivity index (χ2v) is 7.83. The van der Waals surface area contributed by atoms with Gasteiger partial charge < -0.3 is 4.55 Å². The molecule has 0 saturated carbocycles. The largest absolute Gasteiger partial charge is 0.611 e. The molecule has 0 amide bonds. The summed E-state index contributed by atoms with van der Waals surface area (Å²) < 4.78 is 90.0. The first-order valence-corrected chi connectivity index (χ1v) is 9.16. The van der Waals surface area contributed by atoms with E-state index in [0.29, 0.717) is 17.5 Å². The van der Waals surface area contributed by atoms with E-state index in [1.54, 1.807) is 0 Å². The Kier molecular flexibility index (Phi) is 4.69. The first-order valence-electron chi connectivity index (χ1n) is 7.02. The molecule has 0 N–H and O–H groups in total. The number of hydrogen-bond acceptors (Lipinski definition) is 4. The number of halogens is 6. The highest BCUT2D eigenvalue weighted by molar-refractivity contribution is 7.91. The lowest BCUT2D eigenvalue weighted by atomic mass is 10.2. The smallest absolute Gasteiger partial charge is 0.427 e. The van der Waals surface area contributed by atoms with E-state index in [2.05, 4.69) is 9.97 Å². The SMILES string of the molecule is CC[S+]([O-])c1cc(C(F)(F)F)cnc1-c1cn2cc(C(F)(F)F)sc2n1. The molecular formula is C14H9F6N3OS2. The van der Waals surface area contributed by atoms with Crippen molar-refractivity contribution in [3.63, 3.8) is 0 Å². The monoisotopic (exact) mass is 413 g/mol. The zero-order valence-electron chi connectivity index (χ0n) is 12.9. The summed E-state index contributed by atoms with van der Waals surface area (Å²) in [5.41, 5.74) is -1.06. The van der Waals surface area contributed by atoms with Crippen LogP contribution in [0.5, 0.6) is 0 Å². The molecule has 0 aliphatic rings. The zero-order valence-corrected chi connectivity index (χ0v) is 14.5. The highest BCUT2D eigenvalue weighted by atomic mass is 32.2. The van der Waals surface area contributed by atoms with Crippen molar-refractivity contribution in [1.29, 1.82) is 0 Å². The van der Waals surface area contributed by atoms with Crippen LogP contribution in [0.1, 0.15) is 17.4 Å². The Hall–Kier alpha value is -1.79. The van der Waals surface area contributed by atoms with Crippen molar-refractivity contribution >= 4 is 27.5 Å². The normalized spacial score (nSPS) is 14.2. The van der Waals surface area contributed by atoms with Gasteiger partial charge in [0.05, 0.1) is 5.56 Å². The Labute approximate surface area is 149 Å². The Morgan fingerprint density at radius 1 is 1.15 bits per heavy atom. The van der Waals surface area contributed by atoms with Gasteiger partial charge in [-0.2, -0.15) is 26.3 Å².